The fraction of sp³-hybridized carbons (Fsp3) is 0.190. The summed E-state index contributed by atoms with van der Waals surface area (Å²) in [6.45, 7) is 3.79. The van der Waals surface area contributed by atoms with Crippen LogP contribution in [0.5, 0.6) is 11.5 Å². The molecule has 7 heteroatoms. The smallest absolute Gasteiger partial charge is 0.274 e. The number of hydrogen-bond donors (Lipinski definition) is 2. The van der Waals surface area contributed by atoms with Gasteiger partial charge in [-0.1, -0.05) is 17.7 Å². The van der Waals surface area contributed by atoms with Crippen molar-refractivity contribution in [3.8, 4) is 11.5 Å². The number of carbonyl (C=O) groups excluding carboxylic acids is 1. The summed E-state index contributed by atoms with van der Waals surface area (Å²) in [5, 5.41) is 5.94. The number of anilines is 3. The number of methoxy groups -OCH3 is 2. The van der Waals surface area contributed by atoms with Crippen LogP contribution < -0.4 is 20.1 Å². The van der Waals surface area contributed by atoms with Crippen LogP contribution in [0.15, 0.2) is 48.5 Å². The van der Waals surface area contributed by atoms with Crippen molar-refractivity contribution >= 4 is 23.2 Å². The molecule has 0 unspecified atom stereocenters. The average Bonchev–Trinajstić information content (AvgIpc) is 2.69. The lowest BCUT2D eigenvalue weighted by Crippen LogP contribution is -2.15. The molecule has 7 nitrogen and oxygen atoms in total. The molecule has 2 N–H and O–H groups in total. The van der Waals surface area contributed by atoms with Crippen LogP contribution in [0.1, 0.15) is 21.7 Å². The molecule has 0 radical (unpaired) electrons. The maximum absolute atomic E-state index is 12.6. The maximum atomic E-state index is 12.6. The number of aryl methyl sites for hydroxylation is 2. The molecule has 3 rings (SSSR count). The normalized spacial score (nSPS) is 10.3. The highest BCUT2D eigenvalue weighted by atomic mass is 16.5. The van der Waals surface area contributed by atoms with Crippen molar-refractivity contribution in [2.24, 2.45) is 0 Å². The Kier molecular flexibility index (Phi) is 5.74. The minimum Gasteiger partial charge on any atom is -0.497 e. The molecule has 0 spiro atoms. The first-order valence-electron chi connectivity index (χ1n) is 8.71. The second-order valence-corrected chi connectivity index (χ2v) is 6.23. The molecule has 2 aromatic carbocycles. The van der Waals surface area contributed by atoms with Gasteiger partial charge in [-0.15, -0.1) is 0 Å². The fourth-order valence-corrected chi connectivity index (χ4v) is 2.60. The summed E-state index contributed by atoms with van der Waals surface area (Å²) in [6.07, 6.45) is 0. The summed E-state index contributed by atoms with van der Waals surface area (Å²) in [5.74, 6) is 1.25. The minimum atomic E-state index is -0.310. The van der Waals surface area contributed by atoms with E-state index >= 15 is 0 Å². The van der Waals surface area contributed by atoms with E-state index < -0.39 is 0 Å². The van der Waals surface area contributed by atoms with E-state index in [0.29, 0.717) is 34.5 Å². The number of aromatic nitrogens is 2. The van der Waals surface area contributed by atoms with Crippen LogP contribution >= 0.6 is 0 Å². The van der Waals surface area contributed by atoms with Crippen LogP contribution in [-0.2, 0) is 0 Å². The SMILES string of the molecule is COc1ccc(OC)c(Nc2nc(C)cc(C(=O)Nc3ccc(C)cc3)n2)c1. The quantitative estimate of drug-likeness (QED) is 0.671. The summed E-state index contributed by atoms with van der Waals surface area (Å²) in [6, 6.07) is 14.5. The minimum absolute atomic E-state index is 0.262. The van der Waals surface area contributed by atoms with Gasteiger partial charge in [0.05, 0.1) is 19.9 Å². The summed E-state index contributed by atoms with van der Waals surface area (Å²) >= 11 is 0. The van der Waals surface area contributed by atoms with E-state index in [0.717, 1.165) is 5.56 Å². The summed E-state index contributed by atoms with van der Waals surface area (Å²) in [7, 11) is 3.16. The van der Waals surface area contributed by atoms with Crippen molar-refractivity contribution in [1.82, 2.24) is 9.97 Å². The number of benzene rings is 2. The molecule has 3 aromatic rings. The lowest BCUT2D eigenvalue weighted by Gasteiger charge is -2.13. The zero-order chi connectivity index (χ0) is 20.1. The molecule has 0 aliphatic heterocycles. The predicted octanol–water partition coefficient (Wildman–Crippen LogP) is 4.11. The number of rotatable bonds is 6. The number of nitrogens with one attached hydrogen (secondary N) is 2. The van der Waals surface area contributed by atoms with E-state index in [2.05, 4.69) is 20.6 Å². The van der Waals surface area contributed by atoms with Gasteiger partial charge in [0, 0.05) is 17.4 Å². The second kappa shape index (κ2) is 8.39. The van der Waals surface area contributed by atoms with E-state index in [4.69, 9.17) is 9.47 Å². The summed E-state index contributed by atoms with van der Waals surface area (Å²) in [4.78, 5) is 21.3. The number of hydrogen-bond acceptors (Lipinski definition) is 6. The average molecular weight is 378 g/mol. The van der Waals surface area contributed by atoms with Crippen molar-refractivity contribution < 1.29 is 14.3 Å². The Morgan fingerprint density at radius 2 is 1.68 bits per heavy atom. The molecule has 0 saturated carbocycles. The van der Waals surface area contributed by atoms with Crippen molar-refractivity contribution in [2.75, 3.05) is 24.9 Å². The van der Waals surface area contributed by atoms with E-state index in [-0.39, 0.29) is 11.6 Å². The first-order valence-corrected chi connectivity index (χ1v) is 8.71. The third kappa shape index (κ3) is 4.56. The van der Waals surface area contributed by atoms with Gasteiger partial charge in [0.25, 0.3) is 5.91 Å². The highest BCUT2D eigenvalue weighted by molar-refractivity contribution is 6.03. The van der Waals surface area contributed by atoms with E-state index in [9.17, 15) is 4.79 Å². The molecule has 0 atom stereocenters. The molecular formula is C21H22N4O3. The third-order valence-electron chi connectivity index (χ3n) is 4.05. The third-order valence-corrected chi connectivity index (χ3v) is 4.05. The number of ether oxygens (including phenoxy) is 2. The Bertz CT molecular complexity index is 987. The van der Waals surface area contributed by atoms with Gasteiger partial charge in [-0.05, 0) is 44.2 Å². The number of amides is 1. The highest BCUT2D eigenvalue weighted by Crippen LogP contribution is 2.30. The maximum Gasteiger partial charge on any atom is 0.274 e. The van der Waals surface area contributed by atoms with Crippen LogP contribution in [0.25, 0.3) is 0 Å². The van der Waals surface area contributed by atoms with Crippen LogP contribution in [0, 0.1) is 13.8 Å². The molecule has 144 valence electrons. The van der Waals surface area contributed by atoms with Crippen molar-refractivity contribution in [3.63, 3.8) is 0 Å². The van der Waals surface area contributed by atoms with Crippen molar-refractivity contribution in [1.29, 1.82) is 0 Å². The summed E-state index contributed by atoms with van der Waals surface area (Å²) < 4.78 is 10.6. The standard InChI is InChI=1S/C21H22N4O3/c1-13-5-7-15(8-6-13)23-20(26)18-11-14(2)22-21(25-18)24-17-12-16(27-3)9-10-19(17)28-4/h5-12H,1-4H3,(H,23,26)(H,22,24,25). The molecule has 1 aromatic heterocycles. The lowest BCUT2D eigenvalue weighted by molar-refractivity contribution is 0.102. The largest absolute Gasteiger partial charge is 0.497 e. The van der Waals surface area contributed by atoms with Gasteiger partial charge in [-0.2, -0.15) is 0 Å². The fourth-order valence-electron chi connectivity index (χ4n) is 2.60. The predicted molar refractivity (Wildman–Crippen MR) is 109 cm³/mol. The Morgan fingerprint density at radius 3 is 2.36 bits per heavy atom. The van der Waals surface area contributed by atoms with Gasteiger partial charge in [0.1, 0.15) is 17.2 Å². The van der Waals surface area contributed by atoms with Gasteiger partial charge < -0.3 is 20.1 Å². The van der Waals surface area contributed by atoms with Gasteiger partial charge >= 0.3 is 0 Å². The van der Waals surface area contributed by atoms with Crippen molar-refractivity contribution in [2.45, 2.75) is 13.8 Å². The van der Waals surface area contributed by atoms with Crippen LogP contribution in [0.3, 0.4) is 0 Å². The first kappa shape index (κ1) is 19.2. The monoisotopic (exact) mass is 378 g/mol. The molecular weight excluding hydrogens is 356 g/mol. The lowest BCUT2D eigenvalue weighted by atomic mass is 10.2. The van der Waals surface area contributed by atoms with Crippen molar-refractivity contribution in [3.05, 3.63) is 65.5 Å². The van der Waals surface area contributed by atoms with Gasteiger partial charge in [0.2, 0.25) is 5.95 Å². The molecule has 0 aliphatic rings. The van der Waals surface area contributed by atoms with E-state index in [1.807, 2.05) is 31.2 Å². The Morgan fingerprint density at radius 1 is 0.929 bits per heavy atom. The highest BCUT2D eigenvalue weighted by Gasteiger charge is 2.13. The Labute approximate surface area is 163 Å². The van der Waals surface area contributed by atoms with E-state index in [1.54, 1.807) is 45.4 Å². The second-order valence-electron chi connectivity index (χ2n) is 6.23. The van der Waals surface area contributed by atoms with Gasteiger partial charge in [0.15, 0.2) is 0 Å². The zero-order valence-corrected chi connectivity index (χ0v) is 16.2. The van der Waals surface area contributed by atoms with Crippen LogP contribution in [-0.4, -0.2) is 30.1 Å². The van der Waals surface area contributed by atoms with Crippen LogP contribution in [0.4, 0.5) is 17.3 Å². The number of carbonyl (C=O) groups is 1. The molecule has 0 saturated heterocycles. The van der Waals surface area contributed by atoms with Crippen LogP contribution in [0.2, 0.25) is 0 Å². The topological polar surface area (TPSA) is 85.4 Å². The molecule has 0 aliphatic carbocycles. The zero-order valence-electron chi connectivity index (χ0n) is 16.2. The van der Waals surface area contributed by atoms with E-state index in [1.165, 1.54) is 0 Å². The molecule has 1 heterocycles. The number of nitrogens with zero attached hydrogens (tertiary/aromatic N) is 2. The summed E-state index contributed by atoms with van der Waals surface area (Å²) in [5.41, 5.74) is 3.38. The molecule has 0 bridgehead atoms. The molecule has 28 heavy (non-hydrogen) atoms. The molecule has 0 fully saturated rings. The van der Waals surface area contributed by atoms with Gasteiger partial charge in [-0.25, -0.2) is 9.97 Å². The molecule has 1 amide bonds. The Hall–Kier alpha value is -3.61. The first-order chi connectivity index (χ1) is 13.5. The Balaban J connectivity index is 1.85. The van der Waals surface area contributed by atoms with Gasteiger partial charge in [-0.3, -0.25) is 4.79 Å².